The van der Waals surface area contributed by atoms with Gasteiger partial charge >= 0.3 is 0 Å². The van der Waals surface area contributed by atoms with E-state index < -0.39 is 0 Å². The molecule has 1 saturated heterocycles. The molecule has 3 heteroatoms. The first kappa shape index (κ1) is 12.2. The largest absolute Gasteiger partial charge is 0.497 e. The third-order valence-electron chi connectivity index (χ3n) is 3.71. The van der Waals surface area contributed by atoms with E-state index in [1.54, 1.807) is 7.11 Å². The Morgan fingerprint density at radius 3 is 2.53 bits per heavy atom. The van der Waals surface area contributed by atoms with Crippen LogP contribution in [0.5, 0.6) is 5.75 Å². The third-order valence-corrected chi connectivity index (χ3v) is 3.71. The number of benzene rings is 1. The van der Waals surface area contributed by atoms with Gasteiger partial charge in [0.2, 0.25) is 0 Å². The molecule has 1 aliphatic rings. The van der Waals surface area contributed by atoms with E-state index >= 15 is 0 Å². The molecule has 3 nitrogen and oxygen atoms in total. The fraction of sp³-hybridized carbons (Fsp3) is 0.571. The van der Waals surface area contributed by atoms with E-state index in [1.165, 1.54) is 12.1 Å². The Hall–Kier alpha value is -1.22. The molecule has 1 aromatic rings. The molecule has 0 saturated carbocycles. The number of ether oxygens (including phenoxy) is 1. The van der Waals surface area contributed by atoms with Gasteiger partial charge in [0.25, 0.3) is 0 Å². The normalized spacial score (nSPS) is 24.8. The Morgan fingerprint density at radius 2 is 2.00 bits per heavy atom. The van der Waals surface area contributed by atoms with Crippen molar-refractivity contribution in [3.05, 3.63) is 24.3 Å². The van der Waals surface area contributed by atoms with Gasteiger partial charge in [-0.15, -0.1) is 0 Å². The summed E-state index contributed by atoms with van der Waals surface area (Å²) in [5.74, 6) is 1.61. The van der Waals surface area contributed by atoms with Gasteiger partial charge in [-0.2, -0.15) is 0 Å². The van der Waals surface area contributed by atoms with Crippen LogP contribution in [0.1, 0.15) is 13.3 Å². The average Bonchev–Trinajstić information content (AvgIpc) is 2.39. The summed E-state index contributed by atoms with van der Waals surface area (Å²) in [6.07, 6.45) is 1.21. The molecule has 1 fully saturated rings. The zero-order chi connectivity index (χ0) is 12.3. The van der Waals surface area contributed by atoms with Gasteiger partial charge in [0.1, 0.15) is 5.75 Å². The molecule has 1 aromatic carbocycles. The number of rotatable bonds is 3. The van der Waals surface area contributed by atoms with Gasteiger partial charge in [0.15, 0.2) is 0 Å². The molecule has 0 radical (unpaired) electrons. The highest BCUT2D eigenvalue weighted by Crippen LogP contribution is 2.24. The monoisotopic (exact) mass is 234 g/mol. The summed E-state index contributed by atoms with van der Waals surface area (Å²) >= 11 is 0. The number of nitrogens with one attached hydrogen (secondary N) is 1. The first-order valence-electron chi connectivity index (χ1n) is 6.31. The Balaban J connectivity index is 2.03. The van der Waals surface area contributed by atoms with Gasteiger partial charge < -0.3 is 15.0 Å². The number of methoxy groups -OCH3 is 1. The molecule has 94 valence electrons. The predicted octanol–water partition coefficient (Wildman–Crippen LogP) is 2.13. The van der Waals surface area contributed by atoms with Gasteiger partial charge in [-0.1, -0.05) is 6.92 Å². The SMILES string of the molecule is CNC1CCN(c2ccc(OC)cc2)CC1C. The Morgan fingerprint density at radius 1 is 1.29 bits per heavy atom. The molecular weight excluding hydrogens is 212 g/mol. The van der Waals surface area contributed by atoms with E-state index in [2.05, 4.69) is 36.3 Å². The molecule has 1 N–H and O–H groups in total. The number of hydrogen-bond donors (Lipinski definition) is 1. The molecular formula is C14H22N2O. The van der Waals surface area contributed by atoms with Gasteiger partial charge in [-0.3, -0.25) is 0 Å². The van der Waals surface area contributed by atoms with Gasteiger partial charge in [-0.05, 0) is 43.7 Å². The molecule has 0 aromatic heterocycles. The highest BCUT2D eigenvalue weighted by Gasteiger charge is 2.24. The smallest absolute Gasteiger partial charge is 0.119 e. The summed E-state index contributed by atoms with van der Waals surface area (Å²) in [6, 6.07) is 9.01. The minimum atomic E-state index is 0.657. The second-order valence-electron chi connectivity index (χ2n) is 4.81. The van der Waals surface area contributed by atoms with Crippen molar-refractivity contribution in [3.8, 4) is 5.75 Å². The van der Waals surface area contributed by atoms with E-state index in [0.29, 0.717) is 12.0 Å². The summed E-state index contributed by atoms with van der Waals surface area (Å²) in [5.41, 5.74) is 1.30. The standard InChI is InChI=1S/C14H22N2O/c1-11-10-16(9-8-14(11)15-2)12-4-6-13(17-3)7-5-12/h4-7,11,14-15H,8-10H2,1-3H3. The van der Waals surface area contributed by atoms with Crippen LogP contribution in [-0.2, 0) is 0 Å². The quantitative estimate of drug-likeness (QED) is 0.867. The first-order chi connectivity index (χ1) is 8.24. The molecule has 0 bridgehead atoms. The highest BCUT2D eigenvalue weighted by atomic mass is 16.5. The lowest BCUT2D eigenvalue weighted by atomic mass is 9.93. The van der Waals surface area contributed by atoms with E-state index in [9.17, 15) is 0 Å². The molecule has 17 heavy (non-hydrogen) atoms. The van der Waals surface area contributed by atoms with Crippen LogP contribution in [0.25, 0.3) is 0 Å². The summed E-state index contributed by atoms with van der Waals surface area (Å²) in [4.78, 5) is 2.46. The molecule has 0 spiro atoms. The third kappa shape index (κ3) is 2.72. The van der Waals surface area contributed by atoms with E-state index in [1.807, 2.05) is 12.1 Å². The maximum atomic E-state index is 5.18. The second kappa shape index (κ2) is 5.41. The Labute approximate surface area is 104 Å². The van der Waals surface area contributed by atoms with Crippen LogP contribution >= 0.6 is 0 Å². The van der Waals surface area contributed by atoms with Crippen molar-refractivity contribution in [3.63, 3.8) is 0 Å². The molecule has 2 rings (SSSR count). The average molecular weight is 234 g/mol. The minimum absolute atomic E-state index is 0.657. The minimum Gasteiger partial charge on any atom is -0.497 e. The van der Waals surface area contributed by atoms with Crippen molar-refractivity contribution in [1.29, 1.82) is 0 Å². The lowest BCUT2D eigenvalue weighted by molar-refractivity contribution is 0.339. The van der Waals surface area contributed by atoms with Crippen LogP contribution in [0, 0.1) is 5.92 Å². The molecule has 2 atom stereocenters. The van der Waals surface area contributed by atoms with E-state index in [4.69, 9.17) is 4.74 Å². The van der Waals surface area contributed by atoms with Crippen molar-refractivity contribution >= 4 is 5.69 Å². The van der Waals surface area contributed by atoms with Crippen molar-refractivity contribution in [2.75, 3.05) is 32.1 Å². The van der Waals surface area contributed by atoms with Crippen molar-refractivity contribution < 1.29 is 4.74 Å². The molecule has 0 amide bonds. The van der Waals surface area contributed by atoms with Crippen LogP contribution in [0.15, 0.2) is 24.3 Å². The second-order valence-corrected chi connectivity index (χ2v) is 4.81. The van der Waals surface area contributed by atoms with Gasteiger partial charge in [0, 0.05) is 24.8 Å². The van der Waals surface area contributed by atoms with Crippen LogP contribution in [0.3, 0.4) is 0 Å². The fourth-order valence-electron chi connectivity index (χ4n) is 2.60. The summed E-state index contributed by atoms with van der Waals surface area (Å²) < 4.78 is 5.18. The van der Waals surface area contributed by atoms with Crippen molar-refractivity contribution in [2.24, 2.45) is 5.92 Å². The van der Waals surface area contributed by atoms with E-state index in [0.717, 1.165) is 18.8 Å². The van der Waals surface area contributed by atoms with Crippen LogP contribution in [0.2, 0.25) is 0 Å². The number of piperidine rings is 1. The number of nitrogens with zero attached hydrogens (tertiary/aromatic N) is 1. The van der Waals surface area contributed by atoms with Gasteiger partial charge in [0.05, 0.1) is 7.11 Å². The lowest BCUT2D eigenvalue weighted by Crippen LogP contribution is -2.47. The number of hydrogen-bond acceptors (Lipinski definition) is 3. The summed E-state index contributed by atoms with van der Waals surface area (Å²) in [5, 5.41) is 3.40. The topological polar surface area (TPSA) is 24.5 Å². The van der Waals surface area contributed by atoms with Crippen LogP contribution in [-0.4, -0.2) is 33.3 Å². The maximum Gasteiger partial charge on any atom is 0.119 e. The first-order valence-corrected chi connectivity index (χ1v) is 6.31. The van der Waals surface area contributed by atoms with Crippen molar-refractivity contribution in [1.82, 2.24) is 5.32 Å². The molecule has 0 aliphatic carbocycles. The lowest BCUT2D eigenvalue weighted by Gasteiger charge is -2.38. The summed E-state index contributed by atoms with van der Waals surface area (Å²) in [6.45, 7) is 4.57. The Kier molecular flexibility index (Phi) is 3.89. The number of anilines is 1. The van der Waals surface area contributed by atoms with Gasteiger partial charge in [-0.25, -0.2) is 0 Å². The van der Waals surface area contributed by atoms with Crippen LogP contribution in [0.4, 0.5) is 5.69 Å². The molecule has 1 aliphatic heterocycles. The predicted molar refractivity (Wildman–Crippen MR) is 71.8 cm³/mol. The maximum absolute atomic E-state index is 5.18. The van der Waals surface area contributed by atoms with Crippen molar-refractivity contribution in [2.45, 2.75) is 19.4 Å². The zero-order valence-corrected chi connectivity index (χ0v) is 10.9. The summed E-state index contributed by atoms with van der Waals surface area (Å²) in [7, 11) is 3.76. The molecule has 2 unspecified atom stereocenters. The zero-order valence-electron chi connectivity index (χ0n) is 10.9. The Bertz CT molecular complexity index is 350. The van der Waals surface area contributed by atoms with Crippen LogP contribution < -0.4 is 15.0 Å². The fourth-order valence-corrected chi connectivity index (χ4v) is 2.60. The molecule has 1 heterocycles. The van der Waals surface area contributed by atoms with E-state index in [-0.39, 0.29) is 0 Å². The highest BCUT2D eigenvalue weighted by molar-refractivity contribution is 5.49.